The summed E-state index contributed by atoms with van der Waals surface area (Å²) >= 11 is 0. The molecule has 1 aromatic heterocycles. The molecular formula is C16H27F3N2O3Si. The van der Waals surface area contributed by atoms with Crippen molar-refractivity contribution in [3.8, 4) is 0 Å². The molecule has 1 aliphatic rings. The van der Waals surface area contributed by atoms with E-state index >= 15 is 0 Å². The van der Waals surface area contributed by atoms with Gasteiger partial charge in [-0.2, -0.15) is 13.2 Å². The molecule has 0 aromatic carbocycles. The molecule has 1 saturated heterocycles. The fraction of sp³-hybridized carbons (Fsp3) is 0.812. The first-order valence-electron chi connectivity index (χ1n) is 8.43. The highest BCUT2D eigenvalue weighted by atomic mass is 28.3. The second-order valence-electron chi connectivity index (χ2n) is 7.58. The van der Waals surface area contributed by atoms with Gasteiger partial charge in [0.2, 0.25) is 0 Å². The Balaban J connectivity index is 2.22. The number of hydrogen-bond acceptors (Lipinski definition) is 4. The number of imidazole rings is 1. The Morgan fingerprint density at radius 2 is 1.92 bits per heavy atom. The van der Waals surface area contributed by atoms with E-state index in [4.69, 9.17) is 14.2 Å². The lowest BCUT2D eigenvalue weighted by Crippen LogP contribution is -2.38. The van der Waals surface area contributed by atoms with Crippen LogP contribution in [0.5, 0.6) is 0 Å². The maximum Gasteiger partial charge on any atom is 0.434 e. The number of aromatic nitrogens is 2. The zero-order valence-corrected chi connectivity index (χ0v) is 16.3. The van der Waals surface area contributed by atoms with Crippen molar-refractivity contribution in [2.75, 3.05) is 26.9 Å². The molecule has 0 atom stereocenters. The fourth-order valence-electron chi connectivity index (χ4n) is 2.78. The number of alkyl halides is 3. The first-order chi connectivity index (χ1) is 11.6. The van der Waals surface area contributed by atoms with E-state index in [9.17, 15) is 13.2 Å². The third-order valence-electron chi connectivity index (χ3n) is 4.39. The van der Waals surface area contributed by atoms with Gasteiger partial charge in [0.05, 0.1) is 0 Å². The molecule has 0 unspecified atom stereocenters. The van der Waals surface area contributed by atoms with E-state index in [0.29, 0.717) is 32.7 Å². The second-order valence-corrected chi connectivity index (χ2v) is 13.2. The molecule has 0 saturated carbocycles. The van der Waals surface area contributed by atoms with Gasteiger partial charge in [-0.1, -0.05) is 19.6 Å². The van der Waals surface area contributed by atoms with E-state index in [1.807, 2.05) is 0 Å². The van der Waals surface area contributed by atoms with Gasteiger partial charge in [-0.25, -0.2) is 4.98 Å². The molecule has 1 aromatic rings. The zero-order chi connectivity index (χ0) is 18.7. The van der Waals surface area contributed by atoms with E-state index < -0.39 is 25.5 Å². The van der Waals surface area contributed by atoms with Crippen LogP contribution in [0.15, 0.2) is 6.20 Å². The predicted molar refractivity (Wildman–Crippen MR) is 90.1 cm³/mol. The lowest BCUT2D eigenvalue weighted by atomic mass is 9.93. The normalized spacial score (nSPS) is 18.5. The quantitative estimate of drug-likeness (QED) is 0.532. The van der Waals surface area contributed by atoms with Crippen LogP contribution in [0.3, 0.4) is 0 Å². The van der Waals surface area contributed by atoms with Crippen molar-refractivity contribution < 1.29 is 27.4 Å². The van der Waals surface area contributed by atoms with Crippen molar-refractivity contribution >= 4 is 8.07 Å². The number of ether oxygens (including phenoxy) is 3. The Bertz CT molecular complexity index is 564. The summed E-state index contributed by atoms with van der Waals surface area (Å²) in [7, 11) is 0.245. The van der Waals surface area contributed by atoms with E-state index in [-0.39, 0.29) is 12.6 Å². The lowest BCUT2D eigenvalue weighted by Gasteiger charge is -2.35. The molecule has 25 heavy (non-hydrogen) atoms. The molecule has 0 N–H and O–H groups in total. The molecule has 0 aliphatic carbocycles. The van der Waals surface area contributed by atoms with Gasteiger partial charge in [0.25, 0.3) is 0 Å². The zero-order valence-electron chi connectivity index (χ0n) is 15.3. The van der Waals surface area contributed by atoms with Gasteiger partial charge in [-0.15, -0.1) is 0 Å². The molecule has 0 bridgehead atoms. The van der Waals surface area contributed by atoms with Crippen LogP contribution < -0.4 is 0 Å². The molecule has 2 rings (SSSR count). The van der Waals surface area contributed by atoms with E-state index in [2.05, 4.69) is 24.6 Å². The lowest BCUT2D eigenvalue weighted by molar-refractivity contribution is -0.141. The number of methoxy groups -OCH3 is 1. The Morgan fingerprint density at radius 1 is 1.28 bits per heavy atom. The van der Waals surface area contributed by atoms with Crippen LogP contribution in [0, 0.1) is 0 Å². The third-order valence-corrected chi connectivity index (χ3v) is 6.10. The molecule has 5 nitrogen and oxygen atoms in total. The molecular weight excluding hydrogens is 353 g/mol. The highest BCUT2D eigenvalue weighted by Crippen LogP contribution is 2.37. The molecule has 2 heterocycles. The van der Waals surface area contributed by atoms with Gasteiger partial charge in [-0.05, 0) is 6.04 Å². The minimum atomic E-state index is -4.50. The first-order valence-corrected chi connectivity index (χ1v) is 12.1. The van der Waals surface area contributed by atoms with Gasteiger partial charge < -0.3 is 18.8 Å². The maximum absolute atomic E-state index is 13.1. The van der Waals surface area contributed by atoms with Crippen LogP contribution in [-0.2, 0) is 32.7 Å². The minimum Gasteiger partial charge on any atom is -0.381 e. The molecule has 0 amide bonds. The van der Waals surface area contributed by atoms with Crippen LogP contribution in [0.1, 0.15) is 24.4 Å². The average Bonchev–Trinajstić information content (AvgIpc) is 2.96. The summed E-state index contributed by atoms with van der Waals surface area (Å²) in [6, 6.07) is 0.951. The Labute approximate surface area is 147 Å². The standard InChI is InChI=1S/C16H27F3N2O3Si/c1-22-15(5-7-23-8-6-15)14-20-13(16(17,18)19)11-21(14)12-24-9-10-25(2,3)4/h11H,5-10,12H2,1-4H3. The van der Waals surface area contributed by atoms with Crippen molar-refractivity contribution in [2.24, 2.45) is 0 Å². The molecule has 9 heteroatoms. The van der Waals surface area contributed by atoms with E-state index in [1.165, 1.54) is 11.7 Å². The highest BCUT2D eigenvalue weighted by molar-refractivity contribution is 6.76. The maximum atomic E-state index is 13.1. The third kappa shape index (κ3) is 5.29. The number of rotatable bonds is 7. The largest absolute Gasteiger partial charge is 0.434 e. The Morgan fingerprint density at radius 3 is 2.44 bits per heavy atom. The minimum absolute atomic E-state index is 0.0366. The molecule has 1 fully saturated rings. The topological polar surface area (TPSA) is 45.5 Å². The number of hydrogen-bond donors (Lipinski definition) is 0. The van der Waals surface area contributed by atoms with Crippen LogP contribution in [0.4, 0.5) is 13.2 Å². The van der Waals surface area contributed by atoms with Crippen LogP contribution in [0.25, 0.3) is 0 Å². The second kappa shape index (κ2) is 7.77. The van der Waals surface area contributed by atoms with Gasteiger partial charge in [0.15, 0.2) is 5.69 Å². The van der Waals surface area contributed by atoms with E-state index in [0.717, 1.165) is 12.2 Å². The fourth-order valence-corrected chi connectivity index (χ4v) is 3.53. The van der Waals surface area contributed by atoms with Gasteiger partial charge in [-0.3, -0.25) is 0 Å². The van der Waals surface area contributed by atoms with E-state index in [1.54, 1.807) is 0 Å². The number of nitrogens with zero attached hydrogens (tertiary/aromatic N) is 2. The smallest absolute Gasteiger partial charge is 0.381 e. The SMILES string of the molecule is COC1(c2nc(C(F)(F)F)cn2COCC[Si](C)(C)C)CCOCC1. The highest BCUT2D eigenvalue weighted by Gasteiger charge is 2.42. The molecule has 0 radical (unpaired) electrons. The van der Waals surface area contributed by atoms with Crippen molar-refractivity contribution in [2.45, 2.75) is 57.0 Å². The van der Waals surface area contributed by atoms with Crippen LogP contribution in [-0.4, -0.2) is 44.6 Å². The summed E-state index contributed by atoms with van der Waals surface area (Å²) in [4.78, 5) is 3.86. The first kappa shape index (κ1) is 20.4. The summed E-state index contributed by atoms with van der Waals surface area (Å²) in [5.41, 5.74) is -1.79. The van der Waals surface area contributed by atoms with Crippen molar-refractivity contribution in [1.29, 1.82) is 0 Å². The molecule has 0 spiro atoms. The average molecular weight is 380 g/mol. The van der Waals surface area contributed by atoms with Crippen molar-refractivity contribution in [3.05, 3.63) is 17.7 Å². The van der Waals surface area contributed by atoms with Crippen LogP contribution in [0.2, 0.25) is 25.7 Å². The summed E-state index contributed by atoms with van der Waals surface area (Å²) in [5, 5.41) is 0. The van der Waals surface area contributed by atoms with Crippen molar-refractivity contribution in [1.82, 2.24) is 9.55 Å². The Hall–Kier alpha value is -0.903. The van der Waals surface area contributed by atoms with Gasteiger partial charge in [0.1, 0.15) is 18.2 Å². The van der Waals surface area contributed by atoms with Gasteiger partial charge >= 0.3 is 6.18 Å². The summed E-state index contributed by atoms with van der Waals surface area (Å²) in [5.74, 6) is 0.263. The monoisotopic (exact) mass is 380 g/mol. The molecule has 1 aliphatic heterocycles. The predicted octanol–water partition coefficient (Wildman–Crippen LogP) is 3.87. The Kier molecular flexibility index (Phi) is 6.34. The van der Waals surface area contributed by atoms with Crippen molar-refractivity contribution in [3.63, 3.8) is 0 Å². The summed E-state index contributed by atoms with van der Waals surface area (Å²) < 4.78 is 57.5. The molecule has 144 valence electrons. The number of halogens is 3. The summed E-state index contributed by atoms with van der Waals surface area (Å²) in [6.45, 7) is 8.10. The van der Waals surface area contributed by atoms with Crippen LogP contribution >= 0.6 is 0 Å². The van der Waals surface area contributed by atoms with Gasteiger partial charge in [0, 0.05) is 54.0 Å². The summed E-state index contributed by atoms with van der Waals surface area (Å²) in [6.07, 6.45) is -2.56.